The standard InChI is InChI=1S/C21H29NO3/c1-23-20-10-9-18(16-21(20)24-2)7-3-5-17-6-4-8-19(15-17)11-13-25-14-12-22/h4,6,8-10,15-16H,3,5,7,11-14,22H2,1-2H3. The third kappa shape index (κ3) is 6.40. The minimum Gasteiger partial charge on any atom is -0.493 e. The summed E-state index contributed by atoms with van der Waals surface area (Å²) in [5.41, 5.74) is 9.39. The monoisotopic (exact) mass is 343 g/mol. The fourth-order valence-corrected chi connectivity index (χ4v) is 2.85. The summed E-state index contributed by atoms with van der Waals surface area (Å²) in [4.78, 5) is 0. The average molecular weight is 343 g/mol. The van der Waals surface area contributed by atoms with Crippen molar-refractivity contribution in [3.8, 4) is 11.5 Å². The minimum absolute atomic E-state index is 0.580. The van der Waals surface area contributed by atoms with Crippen molar-refractivity contribution in [3.05, 3.63) is 59.2 Å². The molecule has 2 aromatic rings. The van der Waals surface area contributed by atoms with Gasteiger partial charge in [0.05, 0.1) is 27.4 Å². The minimum atomic E-state index is 0.580. The van der Waals surface area contributed by atoms with E-state index in [-0.39, 0.29) is 0 Å². The van der Waals surface area contributed by atoms with Gasteiger partial charge in [0.2, 0.25) is 0 Å². The molecular weight excluding hydrogens is 314 g/mol. The molecule has 0 atom stereocenters. The van der Waals surface area contributed by atoms with Gasteiger partial charge in [-0.1, -0.05) is 30.3 Å². The second kappa shape index (κ2) is 10.7. The van der Waals surface area contributed by atoms with Crippen molar-refractivity contribution in [2.75, 3.05) is 34.0 Å². The molecule has 4 nitrogen and oxygen atoms in total. The van der Waals surface area contributed by atoms with Crippen LogP contribution in [0.15, 0.2) is 42.5 Å². The Hall–Kier alpha value is -2.04. The van der Waals surface area contributed by atoms with Crippen LogP contribution in [-0.4, -0.2) is 34.0 Å². The lowest BCUT2D eigenvalue weighted by molar-refractivity contribution is 0.145. The molecule has 0 amide bonds. The molecule has 0 aliphatic rings. The Bertz CT molecular complexity index is 643. The third-order valence-electron chi connectivity index (χ3n) is 4.17. The van der Waals surface area contributed by atoms with Crippen LogP contribution in [0.3, 0.4) is 0 Å². The van der Waals surface area contributed by atoms with Crippen molar-refractivity contribution < 1.29 is 14.2 Å². The fraction of sp³-hybridized carbons (Fsp3) is 0.429. The lowest BCUT2D eigenvalue weighted by Gasteiger charge is -2.10. The molecule has 25 heavy (non-hydrogen) atoms. The highest BCUT2D eigenvalue weighted by molar-refractivity contribution is 5.42. The molecule has 0 aromatic heterocycles. The summed E-state index contributed by atoms with van der Waals surface area (Å²) in [6.07, 6.45) is 4.11. The number of ether oxygens (including phenoxy) is 3. The highest BCUT2D eigenvalue weighted by Crippen LogP contribution is 2.28. The van der Waals surface area contributed by atoms with Crippen LogP contribution in [0.2, 0.25) is 0 Å². The summed E-state index contributed by atoms with van der Waals surface area (Å²) in [5, 5.41) is 0. The zero-order chi connectivity index (χ0) is 17.9. The van der Waals surface area contributed by atoms with Crippen LogP contribution in [0.1, 0.15) is 23.1 Å². The fourth-order valence-electron chi connectivity index (χ4n) is 2.85. The molecule has 0 unspecified atom stereocenters. The molecule has 2 aromatic carbocycles. The van der Waals surface area contributed by atoms with Gasteiger partial charge in [0.1, 0.15) is 0 Å². The van der Waals surface area contributed by atoms with E-state index >= 15 is 0 Å². The summed E-state index contributed by atoms with van der Waals surface area (Å²) >= 11 is 0. The van der Waals surface area contributed by atoms with Gasteiger partial charge in [-0.15, -0.1) is 0 Å². The van der Waals surface area contributed by atoms with E-state index in [1.54, 1.807) is 14.2 Å². The van der Waals surface area contributed by atoms with E-state index in [2.05, 4.69) is 36.4 Å². The van der Waals surface area contributed by atoms with Gasteiger partial charge in [0.15, 0.2) is 11.5 Å². The van der Waals surface area contributed by atoms with Crippen LogP contribution in [-0.2, 0) is 24.0 Å². The maximum absolute atomic E-state index is 5.46. The Morgan fingerprint density at radius 2 is 1.44 bits per heavy atom. The van der Waals surface area contributed by atoms with Crippen LogP contribution >= 0.6 is 0 Å². The number of hydrogen-bond donors (Lipinski definition) is 1. The number of hydrogen-bond acceptors (Lipinski definition) is 4. The van der Waals surface area contributed by atoms with E-state index in [1.807, 2.05) is 6.07 Å². The molecule has 136 valence electrons. The quantitative estimate of drug-likeness (QED) is 0.635. The first kappa shape index (κ1) is 19.3. The number of rotatable bonds is 11. The van der Waals surface area contributed by atoms with Gasteiger partial charge >= 0.3 is 0 Å². The Morgan fingerprint density at radius 1 is 0.760 bits per heavy atom. The number of benzene rings is 2. The Balaban J connectivity index is 1.83. The van der Waals surface area contributed by atoms with Crippen LogP contribution in [0, 0.1) is 0 Å². The molecule has 0 aliphatic heterocycles. The van der Waals surface area contributed by atoms with Crippen LogP contribution in [0.4, 0.5) is 0 Å². The summed E-state index contributed by atoms with van der Waals surface area (Å²) in [7, 11) is 3.33. The maximum Gasteiger partial charge on any atom is 0.160 e. The molecule has 4 heteroatoms. The predicted molar refractivity (Wildman–Crippen MR) is 102 cm³/mol. The van der Waals surface area contributed by atoms with Gasteiger partial charge in [-0.05, 0) is 54.5 Å². The van der Waals surface area contributed by atoms with Gasteiger partial charge < -0.3 is 19.9 Å². The lowest BCUT2D eigenvalue weighted by Crippen LogP contribution is -2.10. The first-order valence-corrected chi connectivity index (χ1v) is 8.83. The van der Waals surface area contributed by atoms with Crippen molar-refractivity contribution in [1.29, 1.82) is 0 Å². The van der Waals surface area contributed by atoms with Crippen LogP contribution in [0.5, 0.6) is 11.5 Å². The molecule has 0 saturated heterocycles. The molecule has 0 spiro atoms. The van der Waals surface area contributed by atoms with Gasteiger partial charge in [-0.2, -0.15) is 0 Å². The molecule has 0 radical (unpaired) electrons. The first-order valence-electron chi connectivity index (χ1n) is 8.83. The smallest absolute Gasteiger partial charge is 0.160 e. The summed E-state index contributed by atoms with van der Waals surface area (Å²) in [5.74, 6) is 1.57. The van der Waals surface area contributed by atoms with E-state index in [0.29, 0.717) is 13.2 Å². The summed E-state index contributed by atoms with van der Waals surface area (Å²) < 4.78 is 16.1. The largest absolute Gasteiger partial charge is 0.493 e. The molecule has 0 saturated carbocycles. The lowest BCUT2D eigenvalue weighted by atomic mass is 10.0. The third-order valence-corrected chi connectivity index (χ3v) is 4.17. The highest BCUT2D eigenvalue weighted by Gasteiger charge is 2.05. The molecule has 0 fully saturated rings. The maximum atomic E-state index is 5.46. The van der Waals surface area contributed by atoms with E-state index < -0.39 is 0 Å². The van der Waals surface area contributed by atoms with E-state index in [1.165, 1.54) is 16.7 Å². The molecule has 2 rings (SSSR count). The Kier molecular flexibility index (Phi) is 8.29. The number of aryl methyl sites for hydroxylation is 2. The van der Waals surface area contributed by atoms with E-state index in [9.17, 15) is 0 Å². The highest BCUT2D eigenvalue weighted by atomic mass is 16.5. The molecule has 0 bridgehead atoms. The SMILES string of the molecule is COc1ccc(CCCc2cccc(CCOCCN)c2)cc1OC. The zero-order valence-electron chi connectivity index (χ0n) is 15.3. The van der Waals surface area contributed by atoms with Crippen molar-refractivity contribution in [2.24, 2.45) is 5.73 Å². The van der Waals surface area contributed by atoms with Gasteiger partial charge in [-0.25, -0.2) is 0 Å². The Labute approximate surface area is 150 Å². The van der Waals surface area contributed by atoms with Crippen LogP contribution in [0.25, 0.3) is 0 Å². The topological polar surface area (TPSA) is 53.7 Å². The second-order valence-corrected chi connectivity index (χ2v) is 6.01. The normalized spacial score (nSPS) is 10.7. The molecule has 0 heterocycles. The second-order valence-electron chi connectivity index (χ2n) is 6.01. The van der Waals surface area contributed by atoms with E-state index in [0.717, 1.165) is 43.8 Å². The molecular formula is C21H29NO3. The molecule has 0 aliphatic carbocycles. The van der Waals surface area contributed by atoms with Crippen molar-refractivity contribution in [3.63, 3.8) is 0 Å². The van der Waals surface area contributed by atoms with Gasteiger partial charge in [0.25, 0.3) is 0 Å². The van der Waals surface area contributed by atoms with Gasteiger partial charge in [0, 0.05) is 6.54 Å². The van der Waals surface area contributed by atoms with Gasteiger partial charge in [-0.3, -0.25) is 0 Å². The predicted octanol–water partition coefficient (Wildman–Crippen LogP) is 3.40. The number of methoxy groups -OCH3 is 2. The average Bonchev–Trinajstić information content (AvgIpc) is 2.65. The van der Waals surface area contributed by atoms with Crippen molar-refractivity contribution >= 4 is 0 Å². The summed E-state index contributed by atoms with van der Waals surface area (Å²) in [6.45, 7) is 1.94. The van der Waals surface area contributed by atoms with E-state index in [4.69, 9.17) is 19.9 Å². The van der Waals surface area contributed by atoms with Crippen LogP contribution < -0.4 is 15.2 Å². The molecule has 2 N–H and O–H groups in total. The Morgan fingerprint density at radius 3 is 2.12 bits per heavy atom. The first-order chi connectivity index (χ1) is 12.3. The summed E-state index contributed by atoms with van der Waals surface area (Å²) in [6, 6.07) is 14.9. The van der Waals surface area contributed by atoms with Crippen molar-refractivity contribution in [2.45, 2.75) is 25.7 Å². The number of nitrogens with two attached hydrogens (primary N) is 1. The van der Waals surface area contributed by atoms with Crippen molar-refractivity contribution in [1.82, 2.24) is 0 Å². The zero-order valence-corrected chi connectivity index (χ0v) is 15.3.